The molecule has 0 bridgehead atoms. The molecule has 0 atom stereocenters. The lowest BCUT2D eigenvalue weighted by Crippen LogP contribution is -2.62. The molecule has 25 heavy (non-hydrogen) atoms. The number of benzene rings is 1. The topological polar surface area (TPSA) is 87.2 Å². The molecule has 1 saturated heterocycles. The minimum atomic E-state index is -3.51. The van der Waals surface area contributed by atoms with Gasteiger partial charge in [0.25, 0.3) is 0 Å². The molecule has 2 N–H and O–H groups in total. The smallest absolute Gasteiger partial charge is 0.244 e. The minimum Gasteiger partial charge on any atom is -0.365 e. The summed E-state index contributed by atoms with van der Waals surface area (Å²) in [6, 6.07) is 8.96. The molecule has 2 aromatic rings. The fourth-order valence-corrected chi connectivity index (χ4v) is 5.11. The molecule has 8 heteroatoms. The summed E-state index contributed by atoms with van der Waals surface area (Å²) >= 11 is 0. The van der Waals surface area contributed by atoms with Crippen LogP contribution >= 0.6 is 0 Å². The third kappa shape index (κ3) is 2.96. The van der Waals surface area contributed by atoms with Crippen molar-refractivity contribution < 1.29 is 8.42 Å². The van der Waals surface area contributed by atoms with Crippen LogP contribution in [-0.2, 0) is 10.0 Å². The summed E-state index contributed by atoms with van der Waals surface area (Å²) in [5.74, 6) is 0.714. The van der Waals surface area contributed by atoms with Gasteiger partial charge in [0, 0.05) is 37.3 Å². The third-order valence-corrected chi connectivity index (χ3v) is 6.35. The van der Waals surface area contributed by atoms with Gasteiger partial charge in [-0.05, 0) is 32.0 Å². The molecule has 0 saturated carbocycles. The zero-order chi connectivity index (χ0) is 17.7. The minimum absolute atomic E-state index is 0.306. The van der Waals surface area contributed by atoms with E-state index in [4.69, 9.17) is 0 Å². The third-order valence-electron chi connectivity index (χ3n) is 4.75. The summed E-state index contributed by atoms with van der Waals surface area (Å²) in [6.07, 6.45) is 1.27. The van der Waals surface area contributed by atoms with Crippen molar-refractivity contribution in [2.24, 2.45) is 0 Å². The SMILES string of the molecule is Cc1cc(C)nc(N2CCC3(CC2)Nc2ccccc2S(=O)(=O)N3)n1. The van der Waals surface area contributed by atoms with Gasteiger partial charge >= 0.3 is 0 Å². The Morgan fingerprint density at radius 2 is 1.72 bits per heavy atom. The van der Waals surface area contributed by atoms with Crippen LogP contribution < -0.4 is 14.9 Å². The summed E-state index contributed by atoms with van der Waals surface area (Å²) in [7, 11) is -3.51. The fourth-order valence-electron chi connectivity index (χ4n) is 3.56. The van der Waals surface area contributed by atoms with Crippen LogP contribution in [0.5, 0.6) is 0 Å². The van der Waals surface area contributed by atoms with Crippen LogP contribution in [0.15, 0.2) is 35.2 Å². The molecule has 1 spiro atoms. The highest BCUT2D eigenvalue weighted by Gasteiger charge is 2.43. The van der Waals surface area contributed by atoms with E-state index in [2.05, 4.69) is 24.9 Å². The van der Waals surface area contributed by atoms with Gasteiger partial charge in [0.05, 0.1) is 5.69 Å². The van der Waals surface area contributed by atoms with E-state index in [1.54, 1.807) is 12.1 Å². The second-order valence-electron chi connectivity index (χ2n) is 6.75. The molecule has 4 rings (SSSR count). The lowest BCUT2D eigenvalue weighted by atomic mass is 9.97. The number of aromatic nitrogens is 2. The average molecular weight is 359 g/mol. The number of rotatable bonds is 1. The van der Waals surface area contributed by atoms with Gasteiger partial charge in [0.1, 0.15) is 10.6 Å². The molecule has 0 unspecified atom stereocenters. The van der Waals surface area contributed by atoms with Crippen molar-refractivity contribution in [1.29, 1.82) is 0 Å². The Kier molecular flexibility index (Phi) is 3.69. The van der Waals surface area contributed by atoms with Crippen molar-refractivity contribution >= 4 is 21.7 Å². The highest BCUT2D eigenvalue weighted by Crippen LogP contribution is 2.35. The van der Waals surface area contributed by atoms with Gasteiger partial charge in [-0.25, -0.2) is 18.4 Å². The van der Waals surface area contributed by atoms with E-state index in [1.165, 1.54) is 0 Å². The summed E-state index contributed by atoms with van der Waals surface area (Å²) in [5, 5.41) is 3.40. The van der Waals surface area contributed by atoms with Crippen LogP contribution in [0.2, 0.25) is 0 Å². The fraction of sp³-hybridized carbons (Fsp3) is 0.412. The summed E-state index contributed by atoms with van der Waals surface area (Å²) in [6.45, 7) is 5.27. The Balaban J connectivity index is 1.58. The molecule has 2 aliphatic heterocycles. The maximum absolute atomic E-state index is 12.6. The predicted molar refractivity (Wildman–Crippen MR) is 96.1 cm³/mol. The number of aryl methyl sites for hydroxylation is 2. The van der Waals surface area contributed by atoms with Crippen LogP contribution in [0, 0.1) is 13.8 Å². The van der Waals surface area contributed by atoms with Crippen LogP contribution in [0.25, 0.3) is 0 Å². The first-order valence-electron chi connectivity index (χ1n) is 8.35. The molecule has 1 aromatic heterocycles. The van der Waals surface area contributed by atoms with Gasteiger partial charge < -0.3 is 10.2 Å². The first kappa shape index (κ1) is 16.3. The predicted octanol–water partition coefficient (Wildman–Crippen LogP) is 1.79. The Labute approximate surface area is 147 Å². The first-order valence-corrected chi connectivity index (χ1v) is 9.84. The Bertz CT molecular complexity index is 900. The van der Waals surface area contributed by atoms with Crippen LogP contribution in [0.4, 0.5) is 11.6 Å². The summed E-state index contributed by atoms with van der Waals surface area (Å²) in [5.41, 5.74) is 1.89. The number of sulfonamides is 1. The number of para-hydroxylation sites is 1. The van der Waals surface area contributed by atoms with E-state index in [0.29, 0.717) is 42.5 Å². The number of piperidine rings is 1. The first-order chi connectivity index (χ1) is 11.9. The molecule has 0 amide bonds. The highest BCUT2D eigenvalue weighted by molar-refractivity contribution is 7.89. The Morgan fingerprint density at radius 1 is 1.08 bits per heavy atom. The largest absolute Gasteiger partial charge is 0.365 e. The molecule has 132 valence electrons. The maximum atomic E-state index is 12.6. The second kappa shape index (κ2) is 5.67. The standard InChI is InChI=1S/C17H21N5O2S/c1-12-11-13(2)19-16(18-12)22-9-7-17(8-10-22)20-14-5-3-4-6-15(14)25(23,24)21-17/h3-6,11,20-21H,7-10H2,1-2H3. The summed E-state index contributed by atoms with van der Waals surface area (Å²) < 4.78 is 28.0. The zero-order valence-electron chi connectivity index (χ0n) is 14.3. The van der Waals surface area contributed by atoms with E-state index < -0.39 is 15.7 Å². The van der Waals surface area contributed by atoms with Crippen molar-refractivity contribution in [1.82, 2.24) is 14.7 Å². The quantitative estimate of drug-likeness (QED) is 0.807. The van der Waals surface area contributed by atoms with Gasteiger partial charge in [0.2, 0.25) is 16.0 Å². The van der Waals surface area contributed by atoms with Gasteiger partial charge in [-0.1, -0.05) is 12.1 Å². The number of nitrogens with one attached hydrogen (secondary N) is 2. The van der Waals surface area contributed by atoms with E-state index in [-0.39, 0.29) is 0 Å². The van der Waals surface area contributed by atoms with Crippen LogP contribution in [0.3, 0.4) is 0 Å². The van der Waals surface area contributed by atoms with Crippen LogP contribution in [-0.4, -0.2) is 37.1 Å². The molecule has 7 nitrogen and oxygen atoms in total. The zero-order valence-corrected chi connectivity index (χ0v) is 15.1. The van der Waals surface area contributed by atoms with E-state index in [1.807, 2.05) is 32.0 Å². The molecular weight excluding hydrogens is 338 g/mol. The van der Waals surface area contributed by atoms with Crippen molar-refractivity contribution in [3.63, 3.8) is 0 Å². The van der Waals surface area contributed by atoms with E-state index in [0.717, 1.165) is 11.4 Å². The Morgan fingerprint density at radius 3 is 2.40 bits per heavy atom. The second-order valence-corrected chi connectivity index (χ2v) is 8.40. The van der Waals surface area contributed by atoms with Gasteiger partial charge in [0.15, 0.2) is 0 Å². The average Bonchev–Trinajstić information content (AvgIpc) is 2.54. The Hall–Kier alpha value is -2.19. The monoisotopic (exact) mass is 359 g/mol. The molecular formula is C17H21N5O2S. The van der Waals surface area contributed by atoms with E-state index >= 15 is 0 Å². The van der Waals surface area contributed by atoms with Crippen molar-refractivity contribution in [3.8, 4) is 0 Å². The van der Waals surface area contributed by atoms with Crippen molar-refractivity contribution in [3.05, 3.63) is 41.7 Å². The lowest BCUT2D eigenvalue weighted by molar-refractivity contribution is 0.334. The number of fused-ring (bicyclic) bond motifs is 1. The maximum Gasteiger partial charge on any atom is 0.244 e. The summed E-state index contributed by atoms with van der Waals surface area (Å²) in [4.78, 5) is 11.4. The van der Waals surface area contributed by atoms with Gasteiger partial charge in [-0.15, -0.1) is 0 Å². The molecule has 1 aromatic carbocycles. The van der Waals surface area contributed by atoms with Crippen molar-refractivity contribution in [2.75, 3.05) is 23.3 Å². The van der Waals surface area contributed by atoms with Gasteiger partial charge in [-0.3, -0.25) is 0 Å². The van der Waals surface area contributed by atoms with Crippen LogP contribution in [0.1, 0.15) is 24.2 Å². The molecule has 2 aliphatic rings. The molecule has 1 fully saturated rings. The molecule has 0 aliphatic carbocycles. The number of hydrogen-bond acceptors (Lipinski definition) is 6. The number of nitrogens with zero attached hydrogens (tertiary/aromatic N) is 3. The molecule has 3 heterocycles. The lowest BCUT2D eigenvalue weighted by Gasteiger charge is -2.45. The number of anilines is 2. The number of hydrogen-bond donors (Lipinski definition) is 2. The van der Waals surface area contributed by atoms with E-state index in [9.17, 15) is 8.42 Å². The highest BCUT2D eigenvalue weighted by atomic mass is 32.2. The normalized spacial score (nSPS) is 20.8. The van der Waals surface area contributed by atoms with Crippen molar-refractivity contribution in [2.45, 2.75) is 37.2 Å². The molecule has 0 radical (unpaired) electrons. The van der Waals surface area contributed by atoms with Gasteiger partial charge in [-0.2, -0.15) is 4.72 Å².